The topological polar surface area (TPSA) is 38.3 Å². The molecule has 100 valence electrons. The van der Waals surface area contributed by atoms with Crippen LogP contribution in [0.1, 0.15) is 55.5 Å². The van der Waals surface area contributed by atoms with Gasteiger partial charge in [0.05, 0.1) is 7.11 Å². The smallest absolute Gasteiger partial charge is 0.251 e. The summed E-state index contributed by atoms with van der Waals surface area (Å²) in [6.07, 6.45) is 1.99. The van der Waals surface area contributed by atoms with E-state index in [1.54, 1.807) is 7.11 Å². The number of ether oxygens (including phenoxy) is 1. The van der Waals surface area contributed by atoms with Gasteiger partial charge < -0.3 is 10.1 Å². The molecule has 0 radical (unpaired) electrons. The number of hydrogen-bond donors (Lipinski definition) is 1. The molecule has 1 atom stereocenters. The van der Waals surface area contributed by atoms with Crippen molar-refractivity contribution in [3.8, 4) is 5.75 Å². The van der Waals surface area contributed by atoms with Crippen molar-refractivity contribution in [1.82, 2.24) is 5.32 Å². The first-order chi connectivity index (χ1) is 8.63. The largest absolute Gasteiger partial charge is 0.496 e. The van der Waals surface area contributed by atoms with Crippen molar-refractivity contribution in [2.45, 2.75) is 39.5 Å². The summed E-state index contributed by atoms with van der Waals surface area (Å²) in [6, 6.07) is 5.69. The number of nitrogens with one attached hydrogen (secondary N) is 1. The molecule has 0 bridgehead atoms. The minimum Gasteiger partial charge on any atom is -0.496 e. The summed E-state index contributed by atoms with van der Waals surface area (Å²) in [5, 5.41) is 2.87. The molecule has 0 aromatic heterocycles. The van der Waals surface area contributed by atoms with E-state index in [1.807, 2.05) is 25.1 Å². The molecule has 1 N–H and O–H groups in total. The van der Waals surface area contributed by atoms with Gasteiger partial charge in [0.1, 0.15) is 5.75 Å². The molecule has 3 heteroatoms. The molecule has 1 rings (SSSR count). The Kier molecular flexibility index (Phi) is 5.69. The van der Waals surface area contributed by atoms with Crippen LogP contribution in [0.3, 0.4) is 0 Å². The maximum absolute atomic E-state index is 11.9. The molecular formula is C15H23NO2. The van der Waals surface area contributed by atoms with Crippen molar-refractivity contribution in [3.05, 3.63) is 29.3 Å². The van der Waals surface area contributed by atoms with Crippen LogP contribution >= 0.6 is 0 Å². The van der Waals surface area contributed by atoms with Crippen molar-refractivity contribution >= 4 is 5.91 Å². The number of hydrogen-bond acceptors (Lipinski definition) is 2. The minimum atomic E-state index is -0.0362. The first-order valence-electron chi connectivity index (χ1n) is 6.60. The molecule has 0 heterocycles. The van der Waals surface area contributed by atoms with Gasteiger partial charge >= 0.3 is 0 Å². The Morgan fingerprint density at radius 1 is 1.39 bits per heavy atom. The monoisotopic (exact) mass is 249 g/mol. The normalized spacial score (nSPS) is 12.0. The molecule has 1 aromatic carbocycles. The number of rotatable bonds is 6. The zero-order chi connectivity index (χ0) is 13.5. The van der Waals surface area contributed by atoms with Crippen molar-refractivity contribution in [2.24, 2.45) is 0 Å². The molecule has 1 unspecified atom stereocenters. The lowest BCUT2D eigenvalue weighted by molar-refractivity contribution is 0.0953. The summed E-state index contributed by atoms with van der Waals surface area (Å²) >= 11 is 0. The summed E-state index contributed by atoms with van der Waals surface area (Å²) in [6.45, 7) is 7.04. The van der Waals surface area contributed by atoms with Crippen LogP contribution in [0.2, 0.25) is 0 Å². The van der Waals surface area contributed by atoms with Crippen LogP contribution in [0.15, 0.2) is 18.2 Å². The van der Waals surface area contributed by atoms with E-state index in [4.69, 9.17) is 4.74 Å². The van der Waals surface area contributed by atoms with Gasteiger partial charge in [-0.3, -0.25) is 4.79 Å². The first kappa shape index (κ1) is 14.6. The van der Waals surface area contributed by atoms with Crippen molar-refractivity contribution in [2.75, 3.05) is 13.7 Å². The van der Waals surface area contributed by atoms with Crippen LogP contribution in [0.4, 0.5) is 0 Å². The summed E-state index contributed by atoms with van der Waals surface area (Å²) in [4.78, 5) is 11.9. The number of carbonyl (C=O) groups excluding carboxylic acids is 1. The third-order valence-corrected chi connectivity index (χ3v) is 3.17. The molecule has 3 nitrogen and oxygen atoms in total. The van der Waals surface area contributed by atoms with E-state index < -0.39 is 0 Å². The lowest BCUT2D eigenvalue weighted by atomic mass is 9.96. The summed E-state index contributed by atoms with van der Waals surface area (Å²) in [5.41, 5.74) is 1.82. The lowest BCUT2D eigenvalue weighted by Crippen LogP contribution is -2.24. The number of benzene rings is 1. The highest BCUT2D eigenvalue weighted by Crippen LogP contribution is 2.29. The second kappa shape index (κ2) is 7.04. The quantitative estimate of drug-likeness (QED) is 0.839. The molecule has 0 aliphatic carbocycles. The Morgan fingerprint density at radius 3 is 2.67 bits per heavy atom. The Balaban J connectivity index is 2.94. The van der Waals surface area contributed by atoms with Gasteiger partial charge in [-0.1, -0.05) is 26.8 Å². The van der Waals surface area contributed by atoms with Crippen LogP contribution in [0.25, 0.3) is 0 Å². The fraction of sp³-hybridized carbons (Fsp3) is 0.533. The van der Waals surface area contributed by atoms with Gasteiger partial charge in [0.25, 0.3) is 5.91 Å². The van der Waals surface area contributed by atoms with Crippen molar-refractivity contribution in [3.63, 3.8) is 0 Å². The standard InChI is InChI=1S/C15H23NO2/c1-5-9-16-15(17)12-7-8-13(11(3)6-2)14(10-12)18-4/h7-8,10-11H,5-6,9H2,1-4H3,(H,16,17). The summed E-state index contributed by atoms with van der Waals surface area (Å²) < 4.78 is 5.38. The molecule has 1 amide bonds. The fourth-order valence-electron chi connectivity index (χ4n) is 1.82. The van der Waals surface area contributed by atoms with E-state index in [2.05, 4.69) is 19.2 Å². The Labute approximate surface area is 110 Å². The van der Waals surface area contributed by atoms with Crippen molar-refractivity contribution in [1.29, 1.82) is 0 Å². The van der Waals surface area contributed by atoms with E-state index in [0.29, 0.717) is 18.0 Å². The van der Waals surface area contributed by atoms with Crippen LogP contribution in [0, 0.1) is 0 Å². The van der Waals surface area contributed by atoms with E-state index in [0.717, 1.165) is 24.2 Å². The van der Waals surface area contributed by atoms with Gasteiger partial charge in [0.2, 0.25) is 0 Å². The minimum absolute atomic E-state index is 0.0362. The fourth-order valence-corrected chi connectivity index (χ4v) is 1.82. The Bertz CT molecular complexity index is 401. The van der Waals surface area contributed by atoms with Crippen LogP contribution < -0.4 is 10.1 Å². The molecule has 0 saturated carbocycles. The number of carbonyl (C=O) groups is 1. The molecule has 0 spiro atoms. The van der Waals surface area contributed by atoms with Gasteiger partial charge in [-0.25, -0.2) is 0 Å². The molecule has 18 heavy (non-hydrogen) atoms. The molecule has 0 fully saturated rings. The molecule has 0 saturated heterocycles. The summed E-state index contributed by atoms with van der Waals surface area (Å²) in [5.74, 6) is 1.20. The second-order valence-electron chi connectivity index (χ2n) is 4.52. The highest BCUT2D eigenvalue weighted by atomic mass is 16.5. The number of methoxy groups -OCH3 is 1. The van der Waals surface area contributed by atoms with Gasteiger partial charge in [-0.05, 0) is 36.5 Å². The van der Waals surface area contributed by atoms with E-state index >= 15 is 0 Å². The maximum atomic E-state index is 11.9. The Morgan fingerprint density at radius 2 is 2.11 bits per heavy atom. The first-order valence-corrected chi connectivity index (χ1v) is 6.60. The van der Waals surface area contributed by atoms with Crippen molar-refractivity contribution < 1.29 is 9.53 Å². The lowest BCUT2D eigenvalue weighted by Gasteiger charge is -2.15. The molecular weight excluding hydrogens is 226 g/mol. The van der Waals surface area contributed by atoms with Gasteiger partial charge in [-0.15, -0.1) is 0 Å². The summed E-state index contributed by atoms with van der Waals surface area (Å²) in [7, 11) is 1.65. The average Bonchev–Trinajstić information content (AvgIpc) is 2.43. The molecule has 0 aliphatic heterocycles. The predicted octanol–water partition coefficient (Wildman–Crippen LogP) is 3.35. The Hall–Kier alpha value is -1.51. The molecule has 1 aromatic rings. The number of amides is 1. The van der Waals surface area contributed by atoms with Crippen LogP contribution in [-0.4, -0.2) is 19.6 Å². The van der Waals surface area contributed by atoms with Gasteiger partial charge in [0.15, 0.2) is 0 Å². The maximum Gasteiger partial charge on any atom is 0.251 e. The van der Waals surface area contributed by atoms with E-state index in [1.165, 1.54) is 0 Å². The van der Waals surface area contributed by atoms with Gasteiger partial charge in [0, 0.05) is 12.1 Å². The third-order valence-electron chi connectivity index (χ3n) is 3.17. The second-order valence-corrected chi connectivity index (χ2v) is 4.52. The van der Waals surface area contributed by atoms with Crippen LogP contribution in [0.5, 0.6) is 5.75 Å². The highest BCUT2D eigenvalue weighted by Gasteiger charge is 2.13. The third kappa shape index (κ3) is 3.49. The highest BCUT2D eigenvalue weighted by molar-refractivity contribution is 5.94. The SMILES string of the molecule is CCCNC(=O)c1ccc(C(C)CC)c(OC)c1. The molecule has 0 aliphatic rings. The predicted molar refractivity (Wildman–Crippen MR) is 74.3 cm³/mol. The van der Waals surface area contributed by atoms with Crippen LogP contribution in [-0.2, 0) is 0 Å². The zero-order valence-electron chi connectivity index (χ0n) is 11.7. The zero-order valence-corrected chi connectivity index (χ0v) is 11.7. The van der Waals surface area contributed by atoms with E-state index in [-0.39, 0.29) is 5.91 Å². The van der Waals surface area contributed by atoms with E-state index in [9.17, 15) is 4.79 Å². The van der Waals surface area contributed by atoms with Gasteiger partial charge in [-0.2, -0.15) is 0 Å². The average molecular weight is 249 g/mol.